The zero-order valence-electron chi connectivity index (χ0n) is 15.7. The maximum Gasteiger partial charge on any atom is 0.248 e. The van der Waals surface area contributed by atoms with Crippen molar-refractivity contribution in [2.75, 3.05) is 20.2 Å². The molecule has 1 aromatic carbocycles. The van der Waals surface area contributed by atoms with Crippen molar-refractivity contribution in [3.63, 3.8) is 0 Å². The van der Waals surface area contributed by atoms with Crippen LogP contribution in [0.15, 0.2) is 33.8 Å². The van der Waals surface area contributed by atoms with Crippen LogP contribution in [0.3, 0.4) is 0 Å². The molecule has 0 fully saturated rings. The Morgan fingerprint density at radius 1 is 1.35 bits per heavy atom. The molecule has 0 spiro atoms. The van der Waals surface area contributed by atoms with E-state index in [1.54, 1.807) is 12.1 Å². The summed E-state index contributed by atoms with van der Waals surface area (Å²) in [5.74, 6) is 1.40. The molecule has 1 atom stereocenters. The van der Waals surface area contributed by atoms with E-state index in [0.29, 0.717) is 30.8 Å². The molecule has 0 saturated carbocycles. The Kier molecular flexibility index (Phi) is 7.53. The molecular weight excluding hydrogens is 337 g/mol. The molecule has 2 rings (SSSR count). The Balaban J connectivity index is 2.02. The van der Waals surface area contributed by atoms with E-state index in [4.69, 9.17) is 9.26 Å². The first-order chi connectivity index (χ1) is 12.5. The van der Waals surface area contributed by atoms with Gasteiger partial charge in [-0.15, -0.1) is 0 Å². The van der Waals surface area contributed by atoms with Crippen molar-refractivity contribution in [2.45, 2.75) is 40.0 Å². The van der Waals surface area contributed by atoms with Crippen LogP contribution < -0.4 is 5.32 Å². The highest BCUT2D eigenvalue weighted by Gasteiger charge is 2.14. The number of guanidine groups is 1. The van der Waals surface area contributed by atoms with Crippen molar-refractivity contribution in [3.05, 3.63) is 47.4 Å². The summed E-state index contributed by atoms with van der Waals surface area (Å²) in [5, 5.41) is 7.15. The number of nitrogens with one attached hydrogen (secondary N) is 1. The Hall–Kier alpha value is -2.48. The van der Waals surface area contributed by atoms with E-state index in [9.17, 15) is 4.39 Å². The van der Waals surface area contributed by atoms with Crippen LogP contribution in [0.4, 0.5) is 4.39 Å². The number of aliphatic imine (C=N–C) groups is 1. The zero-order chi connectivity index (χ0) is 18.9. The van der Waals surface area contributed by atoms with Crippen molar-refractivity contribution in [2.24, 2.45) is 4.99 Å². The second-order valence-electron chi connectivity index (χ2n) is 5.80. The minimum Gasteiger partial charge on any atom is -0.371 e. The van der Waals surface area contributed by atoms with Gasteiger partial charge in [0.05, 0.1) is 0 Å². The molecule has 0 aliphatic heterocycles. The predicted octanol–water partition coefficient (Wildman–Crippen LogP) is 2.90. The smallest absolute Gasteiger partial charge is 0.248 e. The van der Waals surface area contributed by atoms with Gasteiger partial charge >= 0.3 is 0 Å². The number of nitrogens with zero attached hydrogens (tertiary/aromatic N) is 4. The number of rotatable bonds is 8. The summed E-state index contributed by atoms with van der Waals surface area (Å²) in [6.07, 6.45) is -0.212. The molecule has 0 radical (unpaired) electrons. The van der Waals surface area contributed by atoms with E-state index in [0.717, 1.165) is 12.1 Å². The molecular formula is C18H26FN5O2. The van der Waals surface area contributed by atoms with Gasteiger partial charge in [0.15, 0.2) is 11.8 Å². The minimum atomic E-state index is -0.245. The number of benzene rings is 1. The molecule has 0 amide bonds. The molecule has 1 N–H and O–H groups in total. The summed E-state index contributed by atoms with van der Waals surface area (Å²) < 4.78 is 23.7. The van der Waals surface area contributed by atoms with Crippen LogP contribution in [0.25, 0.3) is 0 Å². The number of hydrogen-bond donors (Lipinski definition) is 1. The topological polar surface area (TPSA) is 75.8 Å². The quantitative estimate of drug-likeness (QED) is 0.574. The lowest BCUT2D eigenvalue weighted by molar-refractivity contribution is 0.0683. The maximum absolute atomic E-state index is 13.0. The van der Waals surface area contributed by atoms with Crippen molar-refractivity contribution < 1.29 is 13.7 Å². The van der Waals surface area contributed by atoms with Crippen LogP contribution in [-0.4, -0.2) is 41.2 Å². The van der Waals surface area contributed by atoms with Crippen LogP contribution in [0, 0.1) is 5.82 Å². The molecule has 2 aromatic rings. The van der Waals surface area contributed by atoms with E-state index < -0.39 is 0 Å². The van der Waals surface area contributed by atoms with Gasteiger partial charge < -0.3 is 19.5 Å². The first-order valence-electron chi connectivity index (χ1n) is 8.71. The largest absolute Gasteiger partial charge is 0.371 e. The van der Waals surface area contributed by atoms with Gasteiger partial charge in [0.25, 0.3) is 0 Å². The van der Waals surface area contributed by atoms with Gasteiger partial charge in [-0.25, -0.2) is 9.38 Å². The Labute approximate surface area is 153 Å². The fourth-order valence-electron chi connectivity index (χ4n) is 2.37. The predicted molar refractivity (Wildman–Crippen MR) is 97.0 cm³/mol. The first-order valence-corrected chi connectivity index (χ1v) is 8.71. The second-order valence-corrected chi connectivity index (χ2v) is 5.80. The zero-order valence-corrected chi connectivity index (χ0v) is 15.7. The lowest BCUT2D eigenvalue weighted by Gasteiger charge is -2.22. The summed E-state index contributed by atoms with van der Waals surface area (Å²) >= 11 is 0. The SMILES string of the molecule is CCNC(=NCc1nc(C(C)OCC)no1)N(C)Cc1ccc(F)cc1. The lowest BCUT2D eigenvalue weighted by Crippen LogP contribution is -2.38. The molecule has 1 aromatic heterocycles. The summed E-state index contributed by atoms with van der Waals surface area (Å²) in [6, 6.07) is 6.42. The van der Waals surface area contributed by atoms with Gasteiger partial charge in [0, 0.05) is 26.7 Å². The minimum absolute atomic E-state index is 0.212. The summed E-state index contributed by atoms with van der Waals surface area (Å²) in [4.78, 5) is 10.8. The average molecular weight is 363 g/mol. The van der Waals surface area contributed by atoms with Crippen LogP contribution in [0.1, 0.15) is 44.2 Å². The highest BCUT2D eigenvalue weighted by Crippen LogP contribution is 2.13. The standard InChI is InChI=1S/C18H26FN5O2/c1-5-20-18(24(4)12-14-7-9-15(19)10-8-14)21-11-16-22-17(23-26-16)13(3)25-6-2/h7-10,13H,5-6,11-12H2,1-4H3,(H,20,21). The van der Waals surface area contributed by atoms with Gasteiger partial charge in [-0.05, 0) is 38.5 Å². The van der Waals surface area contributed by atoms with Crippen LogP contribution >= 0.6 is 0 Å². The number of ether oxygens (including phenoxy) is 1. The summed E-state index contributed by atoms with van der Waals surface area (Å²) in [7, 11) is 1.92. The van der Waals surface area contributed by atoms with E-state index in [2.05, 4.69) is 20.4 Å². The van der Waals surface area contributed by atoms with Crippen LogP contribution in [0.2, 0.25) is 0 Å². The normalized spacial score (nSPS) is 12.9. The molecule has 1 unspecified atom stereocenters. The molecule has 26 heavy (non-hydrogen) atoms. The van der Waals surface area contributed by atoms with Crippen molar-refractivity contribution >= 4 is 5.96 Å². The van der Waals surface area contributed by atoms with E-state index in [1.807, 2.05) is 32.7 Å². The number of aromatic nitrogens is 2. The molecule has 0 saturated heterocycles. The molecule has 8 heteroatoms. The van der Waals surface area contributed by atoms with Crippen LogP contribution in [0.5, 0.6) is 0 Å². The van der Waals surface area contributed by atoms with Crippen molar-refractivity contribution in [1.29, 1.82) is 0 Å². The molecule has 7 nitrogen and oxygen atoms in total. The molecule has 142 valence electrons. The lowest BCUT2D eigenvalue weighted by atomic mass is 10.2. The van der Waals surface area contributed by atoms with Crippen molar-refractivity contribution in [3.8, 4) is 0 Å². The van der Waals surface area contributed by atoms with E-state index >= 15 is 0 Å². The maximum atomic E-state index is 13.0. The Morgan fingerprint density at radius 2 is 2.08 bits per heavy atom. The van der Waals surface area contributed by atoms with Gasteiger partial charge in [0.2, 0.25) is 5.89 Å². The molecule has 0 aliphatic carbocycles. The Bertz CT molecular complexity index is 702. The first kappa shape index (κ1) is 19.8. The van der Waals surface area contributed by atoms with Crippen LogP contribution in [-0.2, 0) is 17.8 Å². The third-order valence-electron chi connectivity index (χ3n) is 3.66. The van der Waals surface area contributed by atoms with Gasteiger partial charge in [-0.2, -0.15) is 4.98 Å². The van der Waals surface area contributed by atoms with Gasteiger partial charge in [-0.3, -0.25) is 0 Å². The average Bonchev–Trinajstić information content (AvgIpc) is 3.10. The highest BCUT2D eigenvalue weighted by molar-refractivity contribution is 5.79. The third kappa shape index (κ3) is 5.80. The number of hydrogen-bond acceptors (Lipinski definition) is 5. The van der Waals surface area contributed by atoms with Crippen molar-refractivity contribution in [1.82, 2.24) is 20.4 Å². The van der Waals surface area contributed by atoms with Gasteiger partial charge in [-0.1, -0.05) is 17.3 Å². The Morgan fingerprint density at radius 3 is 2.73 bits per heavy atom. The molecule has 0 bridgehead atoms. The van der Waals surface area contributed by atoms with E-state index in [-0.39, 0.29) is 18.5 Å². The van der Waals surface area contributed by atoms with E-state index in [1.165, 1.54) is 12.1 Å². The monoisotopic (exact) mass is 363 g/mol. The second kappa shape index (κ2) is 9.86. The molecule has 1 heterocycles. The fourth-order valence-corrected chi connectivity index (χ4v) is 2.37. The fraction of sp³-hybridized carbons (Fsp3) is 0.500. The summed E-state index contributed by atoms with van der Waals surface area (Å²) in [6.45, 7) is 7.97. The highest BCUT2D eigenvalue weighted by atomic mass is 19.1. The summed E-state index contributed by atoms with van der Waals surface area (Å²) in [5.41, 5.74) is 0.991. The number of halogens is 1. The molecule has 0 aliphatic rings. The van der Waals surface area contributed by atoms with Gasteiger partial charge in [0.1, 0.15) is 18.5 Å². The third-order valence-corrected chi connectivity index (χ3v) is 3.66.